The minimum Gasteiger partial charge on any atom is -0.377 e. The van der Waals surface area contributed by atoms with E-state index in [1.54, 1.807) is 0 Å². The molecule has 0 bridgehead atoms. The molecule has 9 nitrogen and oxygen atoms in total. The van der Waals surface area contributed by atoms with Gasteiger partial charge in [0.15, 0.2) is 0 Å². The van der Waals surface area contributed by atoms with Crippen LogP contribution in [0.25, 0.3) is 0 Å². The predicted octanol–water partition coefficient (Wildman–Crippen LogP) is 2.10. The molecule has 0 unspecified atom stereocenters. The number of carbonyl (C=O) groups is 2. The van der Waals surface area contributed by atoms with E-state index in [1.165, 1.54) is 24.3 Å². The Bertz CT molecular complexity index is 1120. The number of primary amides is 1. The highest BCUT2D eigenvalue weighted by Crippen LogP contribution is 2.30. The van der Waals surface area contributed by atoms with Crippen molar-refractivity contribution in [3.05, 3.63) is 54.1 Å². The number of anilines is 2. The normalized spacial score (nSPS) is 19.2. The van der Waals surface area contributed by atoms with E-state index in [4.69, 9.17) is 10.5 Å². The summed E-state index contributed by atoms with van der Waals surface area (Å²) >= 11 is 0. The van der Waals surface area contributed by atoms with Crippen LogP contribution >= 0.6 is 0 Å². The summed E-state index contributed by atoms with van der Waals surface area (Å²) in [6.07, 6.45) is 3.03. The number of sulfonamides is 1. The molecule has 4 rings (SSSR count). The van der Waals surface area contributed by atoms with Crippen LogP contribution in [0.3, 0.4) is 0 Å². The van der Waals surface area contributed by atoms with Gasteiger partial charge in [0.2, 0.25) is 15.9 Å². The summed E-state index contributed by atoms with van der Waals surface area (Å²) in [6, 6.07) is 13.3. The van der Waals surface area contributed by atoms with E-state index in [2.05, 4.69) is 14.9 Å². The van der Waals surface area contributed by atoms with Crippen molar-refractivity contribution in [1.82, 2.24) is 4.72 Å². The molecule has 2 aromatic carbocycles. The second-order valence-electron chi connectivity index (χ2n) is 8.65. The van der Waals surface area contributed by atoms with Gasteiger partial charge < -0.3 is 20.7 Å². The zero-order valence-corrected chi connectivity index (χ0v) is 19.7. The molecular formula is C24H30N4O5S. The van der Waals surface area contributed by atoms with Crippen molar-refractivity contribution < 1.29 is 22.7 Å². The fraction of sp³-hybridized carbons (Fsp3) is 0.417. The quantitative estimate of drug-likeness (QED) is 0.524. The maximum absolute atomic E-state index is 12.9. The van der Waals surface area contributed by atoms with Crippen LogP contribution in [0.2, 0.25) is 0 Å². The Balaban J connectivity index is 1.40. The topological polar surface area (TPSA) is 131 Å². The molecule has 0 spiro atoms. The first-order valence-corrected chi connectivity index (χ1v) is 13.0. The Morgan fingerprint density at radius 1 is 1.03 bits per heavy atom. The molecule has 2 aliphatic heterocycles. The highest BCUT2D eigenvalue weighted by molar-refractivity contribution is 7.89. The third-order valence-corrected chi connectivity index (χ3v) is 7.78. The summed E-state index contributed by atoms with van der Waals surface area (Å²) in [6.45, 7) is 2.24. The van der Waals surface area contributed by atoms with Crippen molar-refractivity contribution in [3.63, 3.8) is 0 Å². The average Bonchev–Trinajstić information content (AvgIpc) is 3.37. The van der Waals surface area contributed by atoms with Crippen LogP contribution in [-0.2, 0) is 19.6 Å². The number of piperidine rings is 1. The molecule has 2 aromatic rings. The third kappa shape index (κ3) is 5.75. The van der Waals surface area contributed by atoms with E-state index < -0.39 is 10.0 Å². The maximum Gasteiger partial charge on any atom is 0.255 e. The molecule has 0 saturated carbocycles. The first-order valence-electron chi connectivity index (χ1n) is 11.5. The van der Waals surface area contributed by atoms with Crippen LogP contribution in [0.15, 0.2) is 53.4 Å². The van der Waals surface area contributed by atoms with Gasteiger partial charge in [-0.2, -0.15) is 0 Å². The zero-order valence-electron chi connectivity index (χ0n) is 18.9. The summed E-state index contributed by atoms with van der Waals surface area (Å²) < 4.78 is 33.1. The van der Waals surface area contributed by atoms with Crippen molar-refractivity contribution >= 4 is 33.2 Å². The Morgan fingerprint density at radius 3 is 2.38 bits per heavy atom. The molecule has 0 aromatic heterocycles. The Morgan fingerprint density at radius 2 is 1.74 bits per heavy atom. The lowest BCUT2D eigenvalue weighted by Crippen LogP contribution is -2.38. The van der Waals surface area contributed by atoms with Crippen LogP contribution < -0.4 is 20.7 Å². The Hall–Kier alpha value is -2.95. The third-order valence-electron chi connectivity index (χ3n) is 6.34. The summed E-state index contributed by atoms with van der Waals surface area (Å²) in [5.41, 5.74) is 7.30. The number of amides is 2. The highest BCUT2D eigenvalue weighted by atomic mass is 32.2. The minimum atomic E-state index is -3.68. The van der Waals surface area contributed by atoms with E-state index >= 15 is 0 Å². The first kappa shape index (κ1) is 24.2. The molecule has 10 heteroatoms. The van der Waals surface area contributed by atoms with Gasteiger partial charge in [0.05, 0.1) is 22.4 Å². The SMILES string of the molecule is NC(=O)C1CCN(c2ccccc2NC(=O)c2ccc(S(=O)(=O)NC[C@H]3CCCO3)cc2)CC1. The first-order chi connectivity index (χ1) is 16.3. The van der Waals surface area contributed by atoms with Gasteiger partial charge in [-0.1, -0.05) is 12.1 Å². The zero-order chi connectivity index (χ0) is 24.1. The highest BCUT2D eigenvalue weighted by Gasteiger charge is 2.25. The van der Waals surface area contributed by atoms with E-state index in [-0.39, 0.29) is 35.3 Å². The number of hydrogen-bond donors (Lipinski definition) is 3. The average molecular weight is 487 g/mol. The number of nitrogens with two attached hydrogens (primary N) is 1. The van der Waals surface area contributed by atoms with Crippen LogP contribution in [0.5, 0.6) is 0 Å². The van der Waals surface area contributed by atoms with Gasteiger partial charge in [-0.15, -0.1) is 0 Å². The van der Waals surface area contributed by atoms with Gasteiger partial charge in [-0.05, 0) is 62.1 Å². The summed E-state index contributed by atoms with van der Waals surface area (Å²) in [7, 11) is -3.68. The minimum absolute atomic E-state index is 0.0959. The largest absolute Gasteiger partial charge is 0.377 e. The number of para-hydroxylation sites is 2. The molecule has 2 amide bonds. The van der Waals surface area contributed by atoms with Gasteiger partial charge >= 0.3 is 0 Å². The van der Waals surface area contributed by atoms with Crippen LogP contribution in [0.1, 0.15) is 36.0 Å². The van der Waals surface area contributed by atoms with E-state index in [0.717, 1.165) is 18.5 Å². The van der Waals surface area contributed by atoms with E-state index in [0.29, 0.717) is 43.8 Å². The number of rotatable bonds is 8. The van der Waals surface area contributed by atoms with Gasteiger partial charge in [-0.25, -0.2) is 13.1 Å². The Kier molecular flexibility index (Phi) is 7.50. The lowest BCUT2D eigenvalue weighted by atomic mass is 9.96. The molecule has 1 atom stereocenters. The van der Waals surface area contributed by atoms with Crippen molar-refractivity contribution in [1.29, 1.82) is 0 Å². The molecule has 34 heavy (non-hydrogen) atoms. The number of ether oxygens (including phenoxy) is 1. The standard InChI is InChI=1S/C24H30N4O5S/c25-23(29)17-11-13-28(14-12-17)22-6-2-1-5-21(22)27-24(30)18-7-9-20(10-8-18)34(31,32)26-16-19-4-3-15-33-19/h1-2,5-10,17,19,26H,3-4,11-16H2,(H2,25,29)(H,27,30)/t19-/m1/s1. The molecule has 182 valence electrons. The smallest absolute Gasteiger partial charge is 0.255 e. The molecule has 0 radical (unpaired) electrons. The number of hydrogen-bond acceptors (Lipinski definition) is 6. The fourth-order valence-corrected chi connectivity index (χ4v) is 5.40. The fourth-order valence-electron chi connectivity index (χ4n) is 4.33. The molecule has 2 fully saturated rings. The van der Waals surface area contributed by atoms with E-state index in [9.17, 15) is 18.0 Å². The van der Waals surface area contributed by atoms with Gasteiger partial charge in [0.1, 0.15) is 0 Å². The second-order valence-corrected chi connectivity index (χ2v) is 10.4. The second kappa shape index (κ2) is 10.5. The monoisotopic (exact) mass is 486 g/mol. The van der Waals surface area contributed by atoms with E-state index in [1.807, 2.05) is 24.3 Å². The van der Waals surface area contributed by atoms with Crippen molar-refractivity contribution in [2.45, 2.75) is 36.7 Å². The van der Waals surface area contributed by atoms with Crippen molar-refractivity contribution in [2.75, 3.05) is 36.5 Å². The number of benzene rings is 2. The van der Waals surface area contributed by atoms with Crippen LogP contribution in [-0.4, -0.2) is 52.6 Å². The number of nitrogens with one attached hydrogen (secondary N) is 2. The van der Waals surface area contributed by atoms with Gasteiger partial charge in [0, 0.05) is 37.7 Å². The lowest BCUT2D eigenvalue weighted by molar-refractivity contribution is -0.122. The van der Waals surface area contributed by atoms with Gasteiger partial charge in [0.25, 0.3) is 5.91 Å². The van der Waals surface area contributed by atoms with Gasteiger partial charge in [-0.3, -0.25) is 9.59 Å². The molecule has 0 aliphatic carbocycles. The van der Waals surface area contributed by atoms with Crippen molar-refractivity contribution in [2.24, 2.45) is 11.7 Å². The summed E-state index contributed by atoms with van der Waals surface area (Å²) in [5.74, 6) is -0.725. The predicted molar refractivity (Wildman–Crippen MR) is 129 cm³/mol. The van der Waals surface area contributed by atoms with Crippen LogP contribution in [0.4, 0.5) is 11.4 Å². The molecule has 2 saturated heterocycles. The molecule has 2 heterocycles. The Labute approximate surface area is 199 Å². The van der Waals surface area contributed by atoms with Crippen LogP contribution in [0, 0.1) is 5.92 Å². The van der Waals surface area contributed by atoms with Crippen molar-refractivity contribution in [3.8, 4) is 0 Å². The molecular weight excluding hydrogens is 456 g/mol. The lowest BCUT2D eigenvalue weighted by Gasteiger charge is -2.33. The summed E-state index contributed by atoms with van der Waals surface area (Å²) in [5, 5.41) is 2.92. The number of carbonyl (C=O) groups excluding carboxylic acids is 2. The molecule has 2 aliphatic rings. The maximum atomic E-state index is 12.9. The number of nitrogens with zero attached hydrogens (tertiary/aromatic N) is 1. The molecule has 4 N–H and O–H groups in total. The summed E-state index contributed by atoms with van der Waals surface area (Å²) in [4.78, 5) is 26.6.